The van der Waals surface area contributed by atoms with E-state index in [1.54, 1.807) is 24.5 Å². The molecule has 2 aliphatic rings. The Hall–Kier alpha value is -4.04. The van der Waals surface area contributed by atoms with Gasteiger partial charge in [0.05, 0.1) is 5.52 Å². The maximum Gasteiger partial charge on any atom is 0.317 e. The van der Waals surface area contributed by atoms with Crippen LogP contribution in [0, 0.1) is 5.82 Å². The molecular weight excluding hydrogens is 455 g/mol. The predicted octanol–water partition coefficient (Wildman–Crippen LogP) is 4.34. The Kier molecular flexibility index (Phi) is 5.95. The molecule has 6 rings (SSSR count). The van der Waals surface area contributed by atoms with Crippen molar-refractivity contribution in [2.75, 3.05) is 39.3 Å². The van der Waals surface area contributed by atoms with Gasteiger partial charge in [-0.3, -0.25) is 4.90 Å². The first-order valence-corrected chi connectivity index (χ1v) is 12.3. The Morgan fingerprint density at radius 1 is 1.00 bits per heavy atom. The van der Waals surface area contributed by atoms with Gasteiger partial charge < -0.3 is 14.8 Å². The minimum Gasteiger partial charge on any atom is -0.336 e. The molecule has 2 aromatic heterocycles. The van der Waals surface area contributed by atoms with Crippen molar-refractivity contribution >= 4 is 22.5 Å². The highest BCUT2D eigenvalue weighted by atomic mass is 19.1. The van der Waals surface area contributed by atoms with Gasteiger partial charge in [0.25, 0.3) is 0 Å². The van der Waals surface area contributed by atoms with Crippen LogP contribution in [0.1, 0.15) is 12.0 Å². The summed E-state index contributed by atoms with van der Waals surface area (Å²) in [5, 5.41) is 3.99. The van der Waals surface area contributed by atoms with Crippen LogP contribution in [0.5, 0.6) is 0 Å². The number of halogens is 1. The third kappa shape index (κ3) is 4.35. The van der Waals surface area contributed by atoms with Gasteiger partial charge >= 0.3 is 6.03 Å². The van der Waals surface area contributed by atoms with Gasteiger partial charge in [0.1, 0.15) is 5.82 Å². The molecule has 36 heavy (non-hydrogen) atoms. The van der Waals surface area contributed by atoms with Gasteiger partial charge in [0.15, 0.2) is 5.82 Å². The van der Waals surface area contributed by atoms with Crippen LogP contribution in [0.15, 0.2) is 73.2 Å². The number of fused-ring (bicyclic) bond motifs is 1. The van der Waals surface area contributed by atoms with Gasteiger partial charge in [-0.1, -0.05) is 6.08 Å². The van der Waals surface area contributed by atoms with Gasteiger partial charge in [0.2, 0.25) is 0 Å². The first kappa shape index (κ1) is 22.4. The van der Waals surface area contributed by atoms with Crippen LogP contribution >= 0.6 is 0 Å². The van der Waals surface area contributed by atoms with Crippen LogP contribution in [-0.4, -0.2) is 69.6 Å². The fraction of sp³-hybridized carbons (Fsp3) is 0.250. The van der Waals surface area contributed by atoms with Crippen molar-refractivity contribution < 1.29 is 9.18 Å². The molecule has 0 atom stereocenters. The van der Waals surface area contributed by atoms with E-state index in [0.717, 1.165) is 67.8 Å². The average Bonchev–Trinajstić information content (AvgIpc) is 3.51. The van der Waals surface area contributed by atoms with E-state index in [0.29, 0.717) is 5.82 Å². The van der Waals surface area contributed by atoms with Gasteiger partial charge in [-0.05, 0) is 60.5 Å². The lowest BCUT2D eigenvalue weighted by Crippen LogP contribution is -2.38. The fourth-order valence-electron chi connectivity index (χ4n) is 5.03. The lowest BCUT2D eigenvalue weighted by Gasteiger charge is -2.28. The largest absolute Gasteiger partial charge is 0.336 e. The smallest absolute Gasteiger partial charge is 0.317 e. The van der Waals surface area contributed by atoms with Crippen molar-refractivity contribution in [3.05, 3.63) is 84.6 Å². The molecule has 0 aliphatic carbocycles. The number of nitrogens with one attached hydrogen (secondary N) is 1. The van der Waals surface area contributed by atoms with E-state index in [9.17, 15) is 9.18 Å². The second-order valence-corrected chi connectivity index (χ2v) is 9.19. The second-order valence-electron chi connectivity index (χ2n) is 9.19. The lowest BCUT2D eigenvalue weighted by atomic mass is 9.98. The molecule has 2 amide bonds. The van der Waals surface area contributed by atoms with E-state index >= 15 is 0 Å². The number of hydrogen-bond donors (Lipinski definition) is 1. The van der Waals surface area contributed by atoms with Gasteiger partial charge in [-0.15, -0.1) is 0 Å². The van der Waals surface area contributed by atoms with Crippen molar-refractivity contribution in [3.63, 3.8) is 0 Å². The maximum atomic E-state index is 13.6. The molecule has 1 N–H and O–H groups in total. The Balaban J connectivity index is 1.33. The standard InChI is InChI=1S/C28H27FN6O/c29-22-3-5-23(6-4-22)35-19-25(24-18-21(2-7-26(24)35)27-30-10-1-11-31-27)20-8-13-33(14-9-20)16-17-34-15-12-32-28(34)36/h1-8,10-11,18-19H,9,12-17H2,(H,32,36). The fourth-order valence-corrected chi connectivity index (χ4v) is 5.03. The number of urea groups is 1. The van der Waals surface area contributed by atoms with E-state index in [2.05, 4.69) is 49.2 Å². The molecule has 8 heteroatoms. The number of carbonyl (C=O) groups excluding carboxylic acids is 1. The summed E-state index contributed by atoms with van der Waals surface area (Å²) in [6, 6.07) is 14.7. The summed E-state index contributed by atoms with van der Waals surface area (Å²) in [5.74, 6) is 0.440. The monoisotopic (exact) mass is 482 g/mol. The van der Waals surface area contributed by atoms with Crippen LogP contribution in [0.25, 0.3) is 33.6 Å². The van der Waals surface area contributed by atoms with Crippen molar-refractivity contribution in [2.24, 2.45) is 0 Å². The van der Waals surface area contributed by atoms with Crippen molar-refractivity contribution in [2.45, 2.75) is 6.42 Å². The van der Waals surface area contributed by atoms with Crippen LogP contribution < -0.4 is 5.32 Å². The summed E-state index contributed by atoms with van der Waals surface area (Å²) in [6.45, 7) is 4.91. The molecule has 1 saturated heterocycles. The lowest BCUT2D eigenvalue weighted by molar-refractivity contribution is 0.205. The van der Waals surface area contributed by atoms with Crippen LogP contribution in [0.4, 0.5) is 9.18 Å². The molecular formula is C28H27FN6O. The average molecular weight is 483 g/mol. The topological polar surface area (TPSA) is 66.3 Å². The van der Waals surface area contributed by atoms with Crippen molar-refractivity contribution in [1.82, 2.24) is 29.7 Å². The minimum atomic E-state index is -0.250. The number of rotatable bonds is 6. The Morgan fingerprint density at radius 2 is 1.83 bits per heavy atom. The predicted molar refractivity (Wildman–Crippen MR) is 138 cm³/mol. The van der Waals surface area contributed by atoms with E-state index in [1.807, 2.05) is 17.0 Å². The highest BCUT2D eigenvalue weighted by Crippen LogP contribution is 2.35. The SMILES string of the molecule is O=C1NCCN1CCN1CC=C(c2cn(-c3ccc(F)cc3)c3ccc(-c4ncccn4)cc23)CC1. The molecule has 2 aliphatic heterocycles. The van der Waals surface area contributed by atoms with E-state index in [1.165, 1.54) is 23.3 Å². The zero-order valence-electron chi connectivity index (χ0n) is 19.9. The molecule has 4 heterocycles. The molecule has 0 radical (unpaired) electrons. The summed E-state index contributed by atoms with van der Waals surface area (Å²) in [6.07, 6.45) is 8.87. The minimum absolute atomic E-state index is 0.0371. The first-order valence-electron chi connectivity index (χ1n) is 12.3. The third-order valence-electron chi connectivity index (χ3n) is 7.00. The molecule has 1 fully saturated rings. The molecule has 0 unspecified atom stereocenters. The number of benzene rings is 2. The molecule has 182 valence electrons. The molecule has 4 aromatic rings. The number of aromatic nitrogens is 3. The molecule has 7 nitrogen and oxygen atoms in total. The van der Waals surface area contributed by atoms with Gasteiger partial charge in [-0.25, -0.2) is 19.2 Å². The second kappa shape index (κ2) is 9.54. The Morgan fingerprint density at radius 3 is 2.56 bits per heavy atom. The number of nitrogens with zero attached hydrogens (tertiary/aromatic N) is 5. The van der Waals surface area contributed by atoms with Crippen LogP contribution in [0.2, 0.25) is 0 Å². The van der Waals surface area contributed by atoms with Gasteiger partial charge in [0, 0.05) is 80.1 Å². The zero-order chi connectivity index (χ0) is 24.5. The highest BCUT2D eigenvalue weighted by Gasteiger charge is 2.22. The number of carbonyl (C=O) groups is 1. The van der Waals surface area contributed by atoms with E-state index in [4.69, 9.17) is 0 Å². The normalized spacial score (nSPS) is 16.4. The summed E-state index contributed by atoms with van der Waals surface area (Å²) in [4.78, 5) is 24.9. The molecule has 2 aromatic carbocycles. The third-order valence-corrected chi connectivity index (χ3v) is 7.00. The number of hydrogen-bond acceptors (Lipinski definition) is 4. The Bertz CT molecular complexity index is 1430. The maximum absolute atomic E-state index is 13.6. The van der Waals surface area contributed by atoms with Gasteiger partial charge in [-0.2, -0.15) is 0 Å². The summed E-state index contributed by atoms with van der Waals surface area (Å²) >= 11 is 0. The molecule has 0 saturated carbocycles. The quantitative estimate of drug-likeness (QED) is 0.444. The van der Waals surface area contributed by atoms with Crippen LogP contribution in [-0.2, 0) is 0 Å². The summed E-state index contributed by atoms with van der Waals surface area (Å²) in [7, 11) is 0. The first-order chi connectivity index (χ1) is 17.7. The van der Waals surface area contributed by atoms with E-state index < -0.39 is 0 Å². The molecule has 0 bridgehead atoms. The molecule has 0 spiro atoms. The zero-order valence-corrected chi connectivity index (χ0v) is 19.9. The highest BCUT2D eigenvalue weighted by molar-refractivity contribution is 5.96. The van der Waals surface area contributed by atoms with E-state index in [-0.39, 0.29) is 11.8 Å². The van der Waals surface area contributed by atoms with Crippen molar-refractivity contribution in [1.29, 1.82) is 0 Å². The van der Waals surface area contributed by atoms with Crippen molar-refractivity contribution in [3.8, 4) is 17.1 Å². The number of amides is 2. The summed E-state index contributed by atoms with van der Waals surface area (Å²) < 4.78 is 15.7. The van der Waals surface area contributed by atoms with Crippen LogP contribution in [0.3, 0.4) is 0 Å². The Labute approximate surface area is 208 Å². The summed E-state index contributed by atoms with van der Waals surface area (Å²) in [5.41, 5.74) is 5.40.